The van der Waals surface area contributed by atoms with Crippen molar-refractivity contribution in [2.24, 2.45) is 0 Å². The predicted octanol–water partition coefficient (Wildman–Crippen LogP) is 3.71. The molecule has 124 valence electrons. The minimum absolute atomic E-state index is 0.0621. The summed E-state index contributed by atoms with van der Waals surface area (Å²) in [7, 11) is 0. The topological polar surface area (TPSA) is 67.4 Å². The largest absolute Gasteiger partial charge is 0.461 e. The second kappa shape index (κ2) is 6.93. The number of rotatable bonds is 4. The number of hydrogen-bond acceptors (Lipinski definition) is 4. The maximum atomic E-state index is 12.1. The van der Waals surface area contributed by atoms with E-state index >= 15 is 0 Å². The van der Waals surface area contributed by atoms with Crippen LogP contribution in [0.3, 0.4) is 0 Å². The molecule has 5 nitrogen and oxygen atoms in total. The molecule has 0 aromatic heterocycles. The molecule has 0 spiro atoms. The number of esters is 1. The van der Waals surface area contributed by atoms with Crippen molar-refractivity contribution in [3.05, 3.63) is 59.1 Å². The number of cyclic esters (lactones) is 1. The van der Waals surface area contributed by atoms with Gasteiger partial charge in [-0.3, -0.25) is 4.79 Å². The van der Waals surface area contributed by atoms with Crippen molar-refractivity contribution in [1.82, 2.24) is 0 Å². The summed E-state index contributed by atoms with van der Waals surface area (Å²) in [5.41, 5.74) is 2.00. The SMILES string of the molecule is C[C@@H]1C[C@H](Nc2ccc(NC(=O)c3ccc(Cl)cc3)cc2)C(=O)O1. The van der Waals surface area contributed by atoms with Crippen LogP contribution in [0.15, 0.2) is 48.5 Å². The molecule has 0 saturated carbocycles. The molecule has 0 unspecified atom stereocenters. The number of halogens is 1. The molecule has 3 rings (SSSR count). The normalized spacial score (nSPS) is 19.7. The van der Waals surface area contributed by atoms with Crippen molar-refractivity contribution in [1.29, 1.82) is 0 Å². The molecule has 2 atom stereocenters. The lowest BCUT2D eigenvalue weighted by atomic mass is 10.1. The van der Waals surface area contributed by atoms with Gasteiger partial charge < -0.3 is 15.4 Å². The minimum atomic E-state index is -0.325. The van der Waals surface area contributed by atoms with E-state index in [1.165, 1.54) is 0 Å². The average molecular weight is 345 g/mol. The lowest BCUT2D eigenvalue weighted by Gasteiger charge is -2.11. The van der Waals surface area contributed by atoms with Gasteiger partial charge in [-0.25, -0.2) is 4.79 Å². The number of carbonyl (C=O) groups is 2. The lowest BCUT2D eigenvalue weighted by molar-refractivity contribution is -0.141. The summed E-state index contributed by atoms with van der Waals surface area (Å²) in [5.74, 6) is -0.441. The smallest absolute Gasteiger partial charge is 0.328 e. The van der Waals surface area contributed by atoms with Crippen LogP contribution in [0.2, 0.25) is 5.02 Å². The summed E-state index contributed by atoms with van der Waals surface area (Å²) in [6.07, 6.45) is 0.585. The highest BCUT2D eigenvalue weighted by atomic mass is 35.5. The zero-order chi connectivity index (χ0) is 17.1. The molecule has 6 heteroatoms. The fourth-order valence-electron chi connectivity index (χ4n) is 2.53. The quantitative estimate of drug-likeness (QED) is 0.830. The van der Waals surface area contributed by atoms with Crippen LogP contribution in [-0.2, 0) is 9.53 Å². The third-order valence-electron chi connectivity index (χ3n) is 3.76. The van der Waals surface area contributed by atoms with Crippen molar-refractivity contribution in [3.63, 3.8) is 0 Å². The second-order valence-electron chi connectivity index (χ2n) is 5.72. The monoisotopic (exact) mass is 344 g/mol. The summed E-state index contributed by atoms with van der Waals surface area (Å²) in [5, 5.41) is 6.54. The number of benzene rings is 2. The Labute approximate surface area is 145 Å². The van der Waals surface area contributed by atoms with Crippen LogP contribution < -0.4 is 10.6 Å². The molecule has 1 amide bonds. The molecule has 1 aliphatic rings. The first kappa shape index (κ1) is 16.3. The van der Waals surface area contributed by atoms with Crippen molar-refractivity contribution in [2.45, 2.75) is 25.5 Å². The van der Waals surface area contributed by atoms with Gasteiger partial charge in [-0.1, -0.05) is 11.6 Å². The highest BCUT2D eigenvalue weighted by Crippen LogP contribution is 2.21. The van der Waals surface area contributed by atoms with Crippen LogP contribution in [0.1, 0.15) is 23.7 Å². The minimum Gasteiger partial charge on any atom is -0.461 e. The summed E-state index contributed by atoms with van der Waals surface area (Å²) in [6.45, 7) is 1.87. The molecule has 24 heavy (non-hydrogen) atoms. The summed E-state index contributed by atoms with van der Waals surface area (Å²) in [6, 6.07) is 13.5. The Bertz CT molecular complexity index is 744. The Balaban J connectivity index is 1.61. The van der Waals surface area contributed by atoms with Crippen LogP contribution in [0, 0.1) is 0 Å². The molecule has 0 bridgehead atoms. The predicted molar refractivity (Wildman–Crippen MR) is 93.4 cm³/mol. The molecule has 2 aromatic rings. The van der Waals surface area contributed by atoms with E-state index < -0.39 is 0 Å². The maximum Gasteiger partial charge on any atom is 0.328 e. The third kappa shape index (κ3) is 3.86. The van der Waals surface area contributed by atoms with Crippen LogP contribution in [0.4, 0.5) is 11.4 Å². The molecule has 2 aromatic carbocycles. The van der Waals surface area contributed by atoms with E-state index in [1.807, 2.05) is 19.1 Å². The van der Waals surface area contributed by atoms with Crippen molar-refractivity contribution >= 4 is 34.9 Å². The van der Waals surface area contributed by atoms with Crippen molar-refractivity contribution in [3.8, 4) is 0 Å². The first-order chi connectivity index (χ1) is 11.5. The van der Waals surface area contributed by atoms with Crippen LogP contribution in [0.5, 0.6) is 0 Å². The van der Waals surface area contributed by atoms with E-state index in [-0.39, 0.29) is 24.0 Å². The van der Waals surface area contributed by atoms with Crippen molar-refractivity contribution < 1.29 is 14.3 Å². The highest BCUT2D eigenvalue weighted by Gasteiger charge is 2.31. The Morgan fingerprint density at radius 2 is 1.71 bits per heavy atom. The van der Waals surface area contributed by atoms with Gasteiger partial charge in [0.15, 0.2) is 0 Å². The number of anilines is 2. The van der Waals surface area contributed by atoms with Gasteiger partial charge >= 0.3 is 5.97 Å². The van der Waals surface area contributed by atoms with Gasteiger partial charge in [0, 0.05) is 28.4 Å². The van der Waals surface area contributed by atoms with E-state index in [0.717, 1.165) is 5.69 Å². The molecule has 0 radical (unpaired) electrons. The van der Waals surface area contributed by atoms with Crippen LogP contribution in [-0.4, -0.2) is 24.0 Å². The molecule has 1 saturated heterocycles. The number of hydrogen-bond donors (Lipinski definition) is 2. The van der Waals surface area contributed by atoms with Gasteiger partial charge in [0.2, 0.25) is 0 Å². The summed E-state index contributed by atoms with van der Waals surface area (Å²) in [4.78, 5) is 23.8. The first-order valence-corrected chi connectivity index (χ1v) is 8.03. The maximum absolute atomic E-state index is 12.1. The Hall–Kier alpha value is -2.53. The number of nitrogens with one attached hydrogen (secondary N) is 2. The van der Waals surface area contributed by atoms with Crippen LogP contribution in [0.25, 0.3) is 0 Å². The molecule has 1 aliphatic heterocycles. The zero-order valence-electron chi connectivity index (χ0n) is 13.1. The Morgan fingerprint density at radius 3 is 2.29 bits per heavy atom. The highest BCUT2D eigenvalue weighted by molar-refractivity contribution is 6.30. The van der Waals surface area contributed by atoms with Gasteiger partial charge in [0.1, 0.15) is 12.1 Å². The second-order valence-corrected chi connectivity index (χ2v) is 6.15. The van der Waals surface area contributed by atoms with E-state index in [0.29, 0.717) is 22.7 Å². The van der Waals surface area contributed by atoms with E-state index in [4.69, 9.17) is 16.3 Å². The van der Waals surface area contributed by atoms with E-state index in [1.54, 1.807) is 36.4 Å². The number of amides is 1. The summed E-state index contributed by atoms with van der Waals surface area (Å²) >= 11 is 5.81. The molecular formula is C18H17ClN2O3. The number of carbonyl (C=O) groups excluding carboxylic acids is 2. The van der Waals surface area contributed by atoms with Gasteiger partial charge in [-0.05, 0) is 55.5 Å². The standard InChI is InChI=1S/C18H17ClN2O3/c1-11-10-16(18(23)24-11)20-14-6-8-15(9-7-14)21-17(22)12-2-4-13(19)5-3-12/h2-9,11,16,20H,10H2,1H3,(H,21,22)/t11-,16+/m1/s1. The van der Waals surface area contributed by atoms with Gasteiger partial charge in [-0.15, -0.1) is 0 Å². The average Bonchev–Trinajstić information content (AvgIpc) is 2.87. The van der Waals surface area contributed by atoms with Gasteiger partial charge in [-0.2, -0.15) is 0 Å². The number of ether oxygens (including phenoxy) is 1. The Kier molecular flexibility index (Phi) is 4.71. The molecular weight excluding hydrogens is 328 g/mol. The first-order valence-electron chi connectivity index (χ1n) is 7.65. The van der Waals surface area contributed by atoms with E-state index in [2.05, 4.69) is 10.6 Å². The fraction of sp³-hybridized carbons (Fsp3) is 0.222. The third-order valence-corrected chi connectivity index (χ3v) is 4.01. The van der Waals surface area contributed by atoms with Gasteiger partial charge in [0.25, 0.3) is 5.91 Å². The summed E-state index contributed by atoms with van der Waals surface area (Å²) < 4.78 is 5.11. The van der Waals surface area contributed by atoms with E-state index in [9.17, 15) is 9.59 Å². The Morgan fingerprint density at radius 1 is 1.08 bits per heavy atom. The fourth-order valence-corrected chi connectivity index (χ4v) is 2.66. The van der Waals surface area contributed by atoms with Gasteiger partial charge in [0.05, 0.1) is 0 Å². The lowest BCUT2D eigenvalue weighted by Crippen LogP contribution is -2.24. The van der Waals surface area contributed by atoms with Crippen molar-refractivity contribution in [2.75, 3.05) is 10.6 Å². The molecule has 0 aliphatic carbocycles. The molecule has 1 heterocycles. The molecule has 1 fully saturated rings. The van der Waals surface area contributed by atoms with Crippen LogP contribution >= 0.6 is 11.6 Å². The molecule has 2 N–H and O–H groups in total. The zero-order valence-corrected chi connectivity index (χ0v) is 13.8.